The number of fused-ring (bicyclic) bond motifs is 2. The average Bonchev–Trinajstić information content (AvgIpc) is 3.83. The van der Waals surface area contributed by atoms with E-state index >= 15 is 0 Å². The number of aromatic nitrogens is 2. The fourth-order valence-electron chi connectivity index (χ4n) is 6.47. The van der Waals surface area contributed by atoms with Crippen LogP contribution in [0.25, 0.3) is 10.8 Å². The Kier molecular flexibility index (Phi) is 8.42. The predicted octanol–water partition coefficient (Wildman–Crippen LogP) is 5.84. The van der Waals surface area contributed by atoms with Crippen LogP contribution in [-0.4, -0.2) is 72.1 Å². The van der Waals surface area contributed by atoms with E-state index in [-0.39, 0.29) is 18.4 Å². The lowest BCUT2D eigenvalue weighted by Crippen LogP contribution is -2.43. The molecule has 11 heteroatoms. The summed E-state index contributed by atoms with van der Waals surface area (Å²) in [5.74, 6) is -1.21. The molecular weight excluding hydrogens is 593 g/mol. The molecule has 234 valence electrons. The Morgan fingerprint density at radius 2 is 1.96 bits per heavy atom. The molecule has 2 aliphatic heterocycles. The molecule has 0 N–H and O–H groups in total. The second kappa shape index (κ2) is 12.3. The Morgan fingerprint density at radius 3 is 2.64 bits per heavy atom. The van der Waals surface area contributed by atoms with E-state index in [0.717, 1.165) is 40.6 Å². The summed E-state index contributed by atoms with van der Waals surface area (Å²) in [5, 5.41) is 12.3. The van der Waals surface area contributed by atoms with Crippen molar-refractivity contribution < 1.29 is 13.9 Å². The second-order valence-corrected chi connectivity index (χ2v) is 12.7. The molecule has 6 rings (SSSR count). The summed E-state index contributed by atoms with van der Waals surface area (Å²) < 4.78 is 20.2. The first kappa shape index (κ1) is 30.8. The number of nitriles is 1. The quantitative estimate of drug-likeness (QED) is 0.273. The molecule has 9 nitrogen and oxygen atoms in total. The molecule has 0 saturated heterocycles. The fraction of sp³-hybridized carbons (Fsp3) is 0.412. The summed E-state index contributed by atoms with van der Waals surface area (Å²) in [6, 6.07) is 14.8. The molecule has 1 aromatic heterocycles. The molecule has 0 radical (unpaired) electrons. The third kappa shape index (κ3) is 5.95. The number of carbonyl (C=O) groups is 1. The lowest BCUT2D eigenvalue weighted by atomic mass is 9.98. The summed E-state index contributed by atoms with van der Waals surface area (Å²) in [7, 11) is 4.17. The molecule has 3 heterocycles. The zero-order valence-corrected chi connectivity index (χ0v) is 26.6. The van der Waals surface area contributed by atoms with Crippen LogP contribution >= 0.6 is 11.6 Å². The number of nitrogens with zero attached hydrogens (tertiary/aromatic N) is 7. The van der Waals surface area contributed by atoms with Crippen molar-refractivity contribution in [3.05, 3.63) is 77.0 Å². The number of carbonyl (C=O) groups excluding carboxylic acids is 1. The standard InChI is InChI=1S/C34H37ClFN7O2/c1-22(36)32(44)43-18-17-42(19-25(43)11-15-37)31-26-12-16-41(29-10-6-8-24-7-5-9-27(35)30(24)29)20-28(26)38-33(39-31)45-21-34(13-14-34)23(2)40(3)4/h5-10,19,23H,1,11-14,16-18,20-21H2,2-4H3/t23-/m1/s1. The molecule has 1 amide bonds. The van der Waals surface area contributed by atoms with Crippen molar-refractivity contribution in [1.82, 2.24) is 19.8 Å². The summed E-state index contributed by atoms with van der Waals surface area (Å²) in [5.41, 5.74) is 3.31. The van der Waals surface area contributed by atoms with Crippen molar-refractivity contribution in [2.75, 3.05) is 50.1 Å². The van der Waals surface area contributed by atoms with Gasteiger partial charge in [-0.25, -0.2) is 4.39 Å². The molecule has 1 aliphatic carbocycles. The molecule has 3 aromatic rings. The Bertz CT molecular complexity index is 1730. The predicted molar refractivity (Wildman–Crippen MR) is 174 cm³/mol. The number of hydrogen-bond donors (Lipinski definition) is 0. The smallest absolute Gasteiger partial charge is 0.318 e. The number of ether oxygens (including phenoxy) is 1. The van der Waals surface area contributed by atoms with Crippen molar-refractivity contribution in [3.63, 3.8) is 0 Å². The number of halogens is 2. The van der Waals surface area contributed by atoms with Crippen molar-refractivity contribution in [2.24, 2.45) is 5.41 Å². The van der Waals surface area contributed by atoms with E-state index < -0.39 is 11.7 Å². The van der Waals surface area contributed by atoms with Crippen molar-refractivity contribution in [2.45, 2.75) is 45.2 Å². The fourth-order valence-corrected chi connectivity index (χ4v) is 6.75. The minimum absolute atomic E-state index is 0.0509. The lowest BCUT2D eigenvalue weighted by molar-refractivity contribution is -0.126. The highest BCUT2D eigenvalue weighted by Crippen LogP contribution is 2.50. The van der Waals surface area contributed by atoms with E-state index in [0.29, 0.717) is 61.3 Å². The first-order valence-corrected chi connectivity index (χ1v) is 15.6. The molecule has 0 bridgehead atoms. The van der Waals surface area contributed by atoms with E-state index in [9.17, 15) is 14.4 Å². The lowest BCUT2D eigenvalue weighted by Gasteiger charge is -2.37. The molecule has 45 heavy (non-hydrogen) atoms. The Labute approximate surface area is 268 Å². The van der Waals surface area contributed by atoms with Crippen LogP contribution in [0, 0.1) is 16.7 Å². The van der Waals surface area contributed by atoms with Gasteiger partial charge in [-0.1, -0.05) is 42.4 Å². The molecule has 0 spiro atoms. The number of allylic oxidation sites excluding steroid dienone is 1. The Balaban J connectivity index is 1.38. The van der Waals surface area contributed by atoms with Gasteiger partial charge in [0.05, 0.1) is 42.1 Å². The summed E-state index contributed by atoms with van der Waals surface area (Å²) in [6.45, 7) is 7.68. The number of anilines is 2. The van der Waals surface area contributed by atoms with Gasteiger partial charge in [0, 0.05) is 53.9 Å². The van der Waals surface area contributed by atoms with Crippen molar-refractivity contribution in [3.8, 4) is 12.1 Å². The first-order valence-electron chi connectivity index (χ1n) is 15.2. The largest absolute Gasteiger partial charge is 0.463 e. The molecule has 1 fully saturated rings. The first-order chi connectivity index (χ1) is 21.6. The van der Waals surface area contributed by atoms with E-state index in [1.165, 1.54) is 4.90 Å². The normalized spacial score (nSPS) is 17.9. The van der Waals surface area contributed by atoms with Crippen LogP contribution in [-0.2, 0) is 17.8 Å². The maximum Gasteiger partial charge on any atom is 0.318 e. The van der Waals surface area contributed by atoms with Crippen LogP contribution in [0.3, 0.4) is 0 Å². The maximum atomic E-state index is 13.8. The summed E-state index contributed by atoms with van der Waals surface area (Å²) in [6.07, 6.45) is 4.47. The Morgan fingerprint density at radius 1 is 1.20 bits per heavy atom. The molecular formula is C34H37ClFN7O2. The van der Waals surface area contributed by atoms with Gasteiger partial charge < -0.3 is 24.3 Å². The molecule has 2 aromatic carbocycles. The number of hydrogen-bond acceptors (Lipinski definition) is 8. The minimum atomic E-state index is -1.06. The van der Waals surface area contributed by atoms with Gasteiger partial charge >= 0.3 is 6.01 Å². The van der Waals surface area contributed by atoms with Gasteiger partial charge in [0.1, 0.15) is 5.82 Å². The average molecular weight is 630 g/mol. The number of benzene rings is 2. The Hall–Kier alpha value is -4.20. The van der Waals surface area contributed by atoms with Gasteiger partial charge in [-0.2, -0.15) is 15.2 Å². The second-order valence-electron chi connectivity index (χ2n) is 12.3. The topological polar surface area (TPSA) is 88.8 Å². The van der Waals surface area contributed by atoms with Crippen LogP contribution < -0.4 is 14.5 Å². The summed E-state index contributed by atoms with van der Waals surface area (Å²) >= 11 is 6.70. The van der Waals surface area contributed by atoms with Gasteiger partial charge in [0.15, 0.2) is 5.83 Å². The minimum Gasteiger partial charge on any atom is -0.463 e. The number of amides is 1. The third-order valence-electron chi connectivity index (χ3n) is 9.46. The maximum absolute atomic E-state index is 13.8. The van der Waals surface area contributed by atoms with Crippen LogP contribution in [0.15, 0.2) is 60.7 Å². The van der Waals surface area contributed by atoms with Gasteiger partial charge in [-0.05, 0) is 57.8 Å². The molecule has 3 aliphatic rings. The van der Waals surface area contributed by atoms with Gasteiger partial charge in [0.2, 0.25) is 0 Å². The monoisotopic (exact) mass is 629 g/mol. The van der Waals surface area contributed by atoms with Crippen molar-refractivity contribution >= 4 is 39.8 Å². The van der Waals surface area contributed by atoms with Gasteiger partial charge in [-0.15, -0.1) is 0 Å². The molecule has 1 atom stereocenters. The summed E-state index contributed by atoms with van der Waals surface area (Å²) in [4.78, 5) is 30.1. The van der Waals surface area contributed by atoms with E-state index in [2.05, 4.69) is 61.7 Å². The van der Waals surface area contributed by atoms with Gasteiger partial charge in [0.25, 0.3) is 5.91 Å². The van der Waals surface area contributed by atoms with E-state index in [1.54, 1.807) is 6.20 Å². The van der Waals surface area contributed by atoms with E-state index in [4.69, 9.17) is 26.3 Å². The van der Waals surface area contributed by atoms with Crippen molar-refractivity contribution in [1.29, 1.82) is 5.26 Å². The number of rotatable bonds is 9. The van der Waals surface area contributed by atoms with E-state index in [1.807, 2.05) is 23.1 Å². The van der Waals surface area contributed by atoms with Crippen LogP contribution in [0.2, 0.25) is 5.02 Å². The zero-order chi connectivity index (χ0) is 31.9. The third-order valence-corrected chi connectivity index (χ3v) is 9.78. The molecule has 1 saturated carbocycles. The van der Waals surface area contributed by atoms with Crippen LogP contribution in [0.4, 0.5) is 15.9 Å². The van der Waals surface area contributed by atoms with Gasteiger partial charge in [-0.3, -0.25) is 4.79 Å². The highest BCUT2D eigenvalue weighted by atomic mass is 35.5. The SMILES string of the molecule is C=C(F)C(=O)N1CCN(c2nc(OCC3([C@@H](C)N(C)C)CC3)nc3c2CCN(c2cccc4cccc(Cl)c24)C3)C=C1CC#N. The van der Waals surface area contributed by atoms with Crippen LogP contribution in [0.1, 0.15) is 37.4 Å². The highest BCUT2D eigenvalue weighted by Gasteiger charge is 2.49. The zero-order valence-electron chi connectivity index (χ0n) is 25.9. The van der Waals surface area contributed by atoms with Crippen LogP contribution in [0.5, 0.6) is 6.01 Å². The molecule has 0 unspecified atom stereocenters. The highest BCUT2D eigenvalue weighted by molar-refractivity contribution is 6.36.